The van der Waals surface area contributed by atoms with Gasteiger partial charge in [-0.15, -0.1) is 0 Å². The lowest BCUT2D eigenvalue weighted by Gasteiger charge is -2.36. The molecule has 0 bridgehead atoms. The van der Waals surface area contributed by atoms with Crippen LogP contribution >= 0.6 is 0 Å². The fourth-order valence-corrected chi connectivity index (χ4v) is 4.88. The molecule has 3 aromatic carbocycles. The van der Waals surface area contributed by atoms with Crippen LogP contribution in [0.2, 0.25) is 0 Å². The lowest BCUT2D eigenvalue weighted by molar-refractivity contribution is -0.139. The Labute approximate surface area is 235 Å². The van der Waals surface area contributed by atoms with E-state index in [0.29, 0.717) is 22.6 Å². The second-order valence-corrected chi connectivity index (χ2v) is 9.09. The second kappa shape index (κ2) is 11.2. The number of aryl methyl sites for hydroxylation is 1. The number of hydrogen-bond acceptors (Lipinski definition) is 10. The molecule has 0 saturated carbocycles. The van der Waals surface area contributed by atoms with Gasteiger partial charge in [0.25, 0.3) is 5.89 Å². The van der Waals surface area contributed by atoms with E-state index in [2.05, 4.69) is 16.2 Å². The Kier molecular flexibility index (Phi) is 7.35. The van der Waals surface area contributed by atoms with Gasteiger partial charge in [0.05, 0.1) is 48.6 Å². The van der Waals surface area contributed by atoms with E-state index in [4.69, 9.17) is 19.7 Å². The first-order valence-corrected chi connectivity index (χ1v) is 12.6. The molecular formula is C31H25N5O5. The lowest BCUT2D eigenvalue weighted by Crippen LogP contribution is -2.41. The summed E-state index contributed by atoms with van der Waals surface area (Å²) in [7, 11) is 2.39. The Bertz CT molecular complexity index is 1750. The normalized spacial score (nSPS) is 15.0. The number of nitriles is 1. The summed E-state index contributed by atoms with van der Waals surface area (Å²) in [6, 6.07) is 25.4. The number of para-hydroxylation sites is 1. The van der Waals surface area contributed by atoms with Crippen molar-refractivity contribution < 1.29 is 23.6 Å². The first kappa shape index (κ1) is 26.9. The van der Waals surface area contributed by atoms with Crippen molar-refractivity contribution in [2.24, 2.45) is 5.73 Å². The fourth-order valence-electron chi connectivity index (χ4n) is 4.88. The van der Waals surface area contributed by atoms with Crippen LogP contribution in [0.1, 0.15) is 17.0 Å². The zero-order valence-corrected chi connectivity index (χ0v) is 22.5. The maximum Gasteiger partial charge on any atom is 0.355 e. The first-order chi connectivity index (χ1) is 19.9. The molecule has 1 unspecified atom stereocenters. The number of benzene rings is 3. The molecule has 0 amide bonds. The van der Waals surface area contributed by atoms with Crippen molar-refractivity contribution in [3.8, 4) is 28.9 Å². The number of nitrogens with two attached hydrogens (primary N) is 1. The molecule has 5 rings (SSSR count). The van der Waals surface area contributed by atoms with E-state index in [1.54, 1.807) is 54.6 Å². The molecule has 0 aliphatic carbocycles. The van der Waals surface area contributed by atoms with E-state index in [-0.39, 0.29) is 28.6 Å². The van der Waals surface area contributed by atoms with Crippen molar-refractivity contribution in [2.75, 3.05) is 19.1 Å². The summed E-state index contributed by atoms with van der Waals surface area (Å²) in [6.45, 7) is 1.94. The zero-order chi connectivity index (χ0) is 29.1. The number of allylic oxidation sites excluding steroid dienone is 1. The Morgan fingerprint density at radius 2 is 1.56 bits per heavy atom. The number of esters is 2. The molecule has 4 aromatic rings. The van der Waals surface area contributed by atoms with Crippen LogP contribution in [-0.4, -0.2) is 36.3 Å². The molecule has 0 radical (unpaired) electrons. The van der Waals surface area contributed by atoms with Gasteiger partial charge in [-0.2, -0.15) is 10.2 Å². The summed E-state index contributed by atoms with van der Waals surface area (Å²) in [5, 5.41) is 14.5. The summed E-state index contributed by atoms with van der Waals surface area (Å²) in [4.78, 5) is 32.7. The van der Waals surface area contributed by atoms with Gasteiger partial charge in [-0.25, -0.2) is 9.59 Å². The lowest BCUT2D eigenvalue weighted by atomic mass is 9.80. The highest BCUT2D eigenvalue weighted by Gasteiger charge is 2.43. The highest BCUT2D eigenvalue weighted by atomic mass is 16.5. The summed E-state index contributed by atoms with van der Waals surface area (Å²) in [6.07, 6.45) is 0. The van der Waals surface area contributed by atoms with Gasteiger partial charge in [0, 0.05) is 5.56 Å². The molecule has 41 heavy (non-hydrogen) atoms. The van der Waals surface area contributed by atoms with Crippen LogP contribution in [-0.2, 0) is 19.1 Å². The van der Waals surface area contributed by atoms with Gasteiger partial charge >= 0.3 is 11.9 Å². The predicted molar refractivity (Wildman–Crippen MR) is 149 cm³/mol. The van der Waals surface area contributed by atoms with E-state index in [1.807, 2.05) is 31.2 Å². The number of aromatic nitrogens is 2. The molecule has 1 aliphatic heterocycles. The van der Waals surface area contributed by atoms with Crippen LogP contribution in [0.3, 0.4) is 0 Å². The number of methoxy groups -OCH3 is 2. The topological polar surface area (TPSA) is 145 Å². The molecular weight excluding hydrogens is 522 g/mol. The summed E-state index contributed by atoms with van der Waals surface area (Å²) < 4.78 is 15.9. The van der Waals surface area contributed by atoms with Crippen LogP contribution in [0, 0.1) is 18.3 Å². The molecule has 1 aromatic heterocycles. The van der Waals surface area contributed by atoms with Crippen LogP contribution in [0.25, 0.3) is 22.8 Å². The van der Waals surface area contributed by atoms with Gasteiger partial charge in [0.15, 0.2) is 0 Å². The number of anilines is 1. The number of rotatable bonds is 6. The molecule has 0 spiro atoms. The molecule has 0 fully saturated rings. The average molecular weight is 548 g/mol. The third kappa shape index (κ3) is 4.70. The molecule has 2 heterocycles. The van der Waals surface area contributed by atoms with Crippen molar-refractivity contribution in [2.45, 2.75) is 12.8 Å². The molecule has 1 atom stereocenters. The Balaban J connectivity index is 1.77. The van der Waals surface area contributed by atoms with Gasteiger partial charge in [-0.1, -0.05) is 71.9 Å². The van der Waals surface area contributed by atoms with Gasteiger partial charge in [-0.05, 0) is 30.2 Å². The molecule has 10 nitrogen and oxygen atoms in total. The summed E-state index contributed by atoms with van der Waals surface area (Å²) >= 11 is 0. The molecule has 204 valence electrons. The Hall–Kier alpha value is -5.69. The number of ether oxygens (including phenoxy) is 2. The summed E-state index contributed by atoms with van der Waals surface area (Å²) in [5.41, 5.74) is 9.45. The maximum atomic E-state index is 13.4. The quantitative estimate of drug-likeness (QED) is 0.340. The minimum Gasteiger partial charge on any atom is -0.466 e. The van der Waals surface area contributed by atoms with E-state index in [1.165, 1.54) is 19.1 Å². The van der Waals surface area contributed by atoms with Crippen molar-refractivity contribution in [1.82, 2.24) is 10.1 Å². The average Bonchev–Trinajstić information content (AvgIpc) is 3.50. The van der Waals surface area contributed by atoms with Crippen LogP contribution in [0.4, 0.5) is 5.69 Å². The van der Waals surface area contributed by atoms with Gasteiger partial charge < -0.3 is 19.7 Å². The number of carbonyl (C=O) groups is 2. The number of nitrogens with zero attached hydrogens (tertiary/aromatic N) is 4. The second-order valence-electron chi connectivity index (χ2n) is 9.09. The van der Waals surface area contributed by atoms with E-state index >= 15 is 0 Å². The van der Waals surface area contributed by atoms with Gasteiger partial charge in [0.1, 0.15) is 11.5 Å². The third-order valence-electron chi connectivity index (χ3n) is 6.80. The van der Waals surface area contributed by atoms with Crippen LogP contribution < -0.4 is 10.6 Å². The largest absolute Gasteiger partial charge is 0.466 e. The Morgan fingerprint density at radius 1 is 0.927 bits per heavy atom. The van der Waals surface area contributed by atoms with Crippen molar-refractivity contribution >= 4 is 17.6 Å². The third-order valence-corrected chi connectivity index (χ3v) is 6.80. The maximum absolute atomic E-state index is 13.4. The van der Waals surface area contributed by atoms with Crippen LogP contribution in [0.5, 0.6) is 0 Å². The first-order valence-electron chi connectivity index (χ1n) is 12.6. The van der Waals surface area contributed by atoms with Crippen molar-refractivity contribution in [3.63, 3.8) is 0 Å². The SMILES string of the molecule is COC(=O)C1=C(C(=O)OC)N(c2ccccc2-c2nc(-c3ccccc3C)no2)C(N)=C(C#N)C1c1ccccc1. The molecule has 2 N–H and O–H groups in total. The number of carbonyl (C=O) groups excluding carboxylic acids is 2. The van der Waals surface area contributed by atoms with E-state index < -0.39 is 17.9 Å². The predicted octanol–water partition coefficient (Wildman–Crippen LogP) is 4.61. The van der Waals surface area contributed by atoms with E-state index in [0.717, 1.165) is 11.1 Å². The monoisotopic (exact) mass is 547 g/mol. The standard InChI is InChI=1S/C31H25N5O5/c1-18-11-7-8-14-20(18)28-34-29(41-35-28)21-15-9-10-16-23(21)36-26(31(38)40-3)25(30(37)39-2)24(22(17-32)27(36)33)19-12-5-4-6-13-19/h4-16,24H,33H2,1-3H3. The minimum absolute atomic E-state index is 0.0465. The van der Waals surface area contributed by atoms with Gasteiger partial charge in [0.2, 0.25) is 5.82 Å². The minimum atomic E-state index is -0.984. The highest BCUT2D eigenvalue weighted by molar-refractivity contribution is 6.07. The van der Waals surface area contributed by atoms with Crippen molar-refractivity contribution in [3.05, 3.63) is 113 Å². The van der Waals surface area contributed by atoms with E-state index in [9.17, 15) is 14.9 Å². The number of hydrogen-bond donors (Lipinski definition) is 1. The van der Waals surface area contributed by atoms with Gasteiger partial charge in [-0.3, -0.25) is 4.90 Å². The fraction of sp³-hybridized carbons (Fsp3) is 0.129. The van der Waals surface area contributed by atoms with Crippen LogP contribution in [0.15, 0.2) is 106 Å². The molecule has 1 aliphatic rings. The Morgan fingerprint density at radius 3 is 2.22 bits per heavy atom. The summed E-state index contributed by atoms with van der Waals surface area (Å²) in [5.74, 6) is -2.22. The molecule has 0 saturated heterocycles. The highest BCUT2D eigenvalue weighted by Crippen LogP contribution is 2.45. The van der Waals surface area contributed by atoms with Crippen molar-refractivity contribution in [1.29, 1.82) is 5.26 Å². The zero-order valence-electron chi connectivity index (χ0n) is 22.5. The smallest absolute Gasteiger partial charge is 0.355 e. The molecule has 10 heteroatoms.